The predicted molar refractivity (Wildman–Crippen MR) is 124 cm³/mol. The molecule has 10 nitrogen and oxygen atoms in total. The number of ketones is 1. The number of carbonyl (C=O) groups is 2. The maximum Gasteiger partial charge on any atom is 0.310 e. The fraction of sp³-hybridized carbons (Fsp3) is 0.381. The molecule has 0 saturated heterocycles. The van der Waals surface area contributed by atoms with Crippen molar-refractivity contribution in [1.29, 1.82) is 5.41 Å². The lowest BCUT2D eigenvalue weighted by molar-refractivity contribution is 0.0767. The second-order valence-corrected chi connectivity index (χ2v) is 10.2. The van der Waals surface area contributed by atoms with Crippen LogP contribution in [0.25, 0.3) is 5.65 Å². The monoisotopic (exact) mass is 552 g/mol. The van der Waals surface area contributed by atoms with E-state index in [1.807, 2.05) is 0 Å². The van der Waals surface area contributed by atoms with E-state index in [1.165, 1.54) is 11.0 Å². The Balaban J connectivity index is 2.07. The van der Waals surface area contributed by atoms with Gasteiger partial charge in [-0.05, 0) is 32.9 Å². The molecule has 37 heavy (non-hydrogen) atoms. The fourth-order valence-corrected chi connectivity index (χ4v) is 4.13. The van der Waals surface area contributed by atoms with E-state index in [0.29, 0.717) is 13.1 Å². The number of halogens is 5. The van der Waals surface area contributed by atoms with Gasteiger partial charge in [0.2, 0.25) is 11.5 Å². The number of aromatic nitrogens is 4. The van der Waals surface area contributed by atoms with Crippen LogP contribution in [0.15, 0.2) is 29.2 Å². The summed E-state index contributed by atoms with van der Waals surface area (Å²) in [5, 5.41) is 16.5. The molecule has 0 aliphatic heterocycles. The van der Waals surface area contributed by atoms with Crippen molar-refractivity contribution >= 4 is 27.6 Å². The molecule has 0 spiro atoms. The highest BCUT2D eigenvalue weighted by Gasteiger charge is 2.65. The van der Waals surface area contributed by atoms with Crippen LogP contribution >= 0.6 is 10.2 Å². The summed E-state index contributed by atoms with van der Waals surface area (Å²) >= 11 is 0. The van der Waals surface area contributed by atoms with E-state index < -0.39 is 50.3 Å². The van der Waals surface area contributed by atoms with Crippen molar-refractivity contribution in [2.45, 2.75) is 32.2 Å². The van der Waals surface area contributed by atoms with Gasteiger partial charge in [-0.3, -0.25) is 15.0 Å². The van der Waals surface area contributed by atoms with E-state index in [0.717, 1.165) is 22.4 Å². The summed E-state index contributed by atoms with van der Waals surface area (Å²) in [4.78, 5) is 25.0. The Morgan fingerprint density at radius 3 is 2.22 bits per heavy atom. The normalized spacial score (nSPS) is 13.6. The van der Waals surface area contributed by atoms with Gasteiger partial charge in [0.05, 0.1) is 13.7 Å². The van der Waals surface area contributed by atoms with E-state index in [4.69, 9.17) is 10.1 Å². The topological polar surface area (TPSA) is 115 Å². The number of benzene rings is 1. The quantitative estimate of drug-likeness (QED) is 0.294. The molecule has 1 amide bonds. The Hall–Kier alpha value is -3.69. The van der Waals surface area contributed by atoms with E-state index in [-0.39, 0.29) is 35.8 Å². The minimum absolute atomic E-state index is 0.0184. The molecule has 0 aliphatic rings. The number of rotatable bonds is 10. The fourth-order valence-electron chi connectivity index (χ4n) is 3.44. The van der Waals surface area contributed by atoms with Crippen LogP contribution in [0.4, 0.5) is 19.4 Å². The molecule has 16 heteroatoms. The molecule has 1 N–H and O–H groups in total. The van der Waals surface area contributed by atoms with Crippen LogP contribution < -0.4 is 15.1 Å². The zero-order valence-electron chi connectivity index (χ0n) is 20.3. The highest BCUT2D eigenvalue weighted by atomic mass is 32.5. The van der Waals surface area contributed by atoms with Gasteiger partial charge in [-0.1, -0.05) is 19.4 Å². The number of hydrogen-bond donors (Lipinski definition) is 1. The number of nitrogens with one attached hydrogen (secondary N) is 1. The first kappa shape index (κ1) is 27.9. The number of ether oxygens (including phenoxy) is 2. The van der Waals surface area contributed by atoms with Gasteiger partial charge in [-0.25, -0.2) is 4.68 Å². The molecule has 0 radical (unpaired) electrons. The Bertz CT molecular complexity index is 1430. The van der Waals surface area contributed by atoms with Gasteiger partial charge in [0.25, 0.3) is 5.91 Å². The predicted octanol–water partition coefficient (Wildman–Crippen LogP) is 4.44. The lowest BCUT2D eigenvalue weighted by atomic mass is 10.1. The van der Waals surface area contributed by atoms with E-state index in [9.17, 15) is 29.0 Å². The van der Waals surface area contributed by atoms with Crippen molar-refractivity contribution in [2.75, 3.05) is 26.8 Å². The summed E-state index contributed by atoms with van der Waals surface area (Å²) in [5.41, 5.74) is -1.14. The number of amides is 1. The maximum atomic E-state index is 13.4. The summed E-state index contributed by atoms with van der Waals surface area (Å²) in [7, 11) is -9.14. The summed E-state index contributed by atoms with van der Waals surface area (Å²) in [6.45, 7) is 5.41. The molecule has 0 unspecified atom stereocenters. The zero-order chi connectivity index (χ0) is 27.8. The van der Waals surface area contributed by atoms with Gasteiger partial charge in [0.1, 0.15) is 22.8 Å². The summed E-state index contributed by atoms with van der Waals surface area (Å²) in [6.07, 6.45) is 0. The standard InChI is InChI=1S/C21H25F5N6O4S/c1-5-30(6-2)20(34)16-11-18-28-31(21(27)32(18)29-19(16)36-7-3)12-17(33)13-8-14(35-4)10-15(9-13)37(22,23,24,25)26/h8-11,27H,5-7,12H2,1-4H3. The number of fused-ring (bicyclic) bond motifs is 1. The molecular formula is C21H25F5N6O4S. The van der Waals surface area contributed by atoms with Gasteiger partial charge in [-0.2, -0.15) is 4.52 Å². The SMILES string of the molecule is CCOc1nn2c(=N)n(CC(=O)c3cc(OC)cc(S(F)(F)(F)(F)F)c3)nc2cc1C(=O)N(CC)CC. The van der Waals surface area contributed by atoms with Gasteiger partial charge in [0, 0.05) is 30.8 Å². The van der Waals surface area contributed by atoms with Crippen molar-refractivity contribution in [3.05, 3.63) is 41.0 Å². The maximum absolute atomic E-state index is 13.4. The highest BCUT2D eigenvalue weighted by Crippen LogP contribution is 3.02. The van der Waals surface area contributed by atoms with Crippen LogP contribution in [0.5, 0.6) is 11.6 Å². The summed E-state index contributed by atoms with van der Waals surface area (Å²) in [6, 6.07) is 2.34. The molecule has 0 saturated carbocycles. The van der Waals surface area contributed by atoms with Crippen LogP contribution in [0.1, 0.15) is 41.5 Å². The number of methoxy groups -OCH3 is 1. The average Bonchev–Trinajstić information content (AvgIpc) is 3.11. The Morgan fingerprint density at radius 2 is 1.68 bits per heavy atom. The van der Waals surface area contributed by atoms with Crippen LogP contribution in [-0.2, 0) is 6.54 Å². The Morgan fingerprint density at radius 1 is 1.03 bits per heavy atom. The second kappa shape index (κ2) is 9.00. The molecule has 0 fully saturated rings. The third-order valence-electron chi connectivity index (χ3n) is 5.32. The Kier molecular flexibility index (Phi) is 6.79. The molecule has 3 aromatic rings. The molecule has 1 aromatic carbocycles. The van der Waals surface area contributed by atoms with Crippen molar-refractivity contribution in [3.8, 4) is 11.6 Å². The van der Waals surface area contributed by atoms with Gasteiger partial charge in [-0.15, -0.1) is 10.2 Å². The van der Waals surface area contributed by atoms with Crippen LogP contribution in [-0.4, -0.2) is 62.8 Å². The molecule has 204 valence electrons. The second-order valence-electron chi connectivity index (χ2n) is 7.81. The van der Waals surface area contributed by atoms with Gasteiger partial charge >= 0.3 is 10.2 Å². The van der Waals surface area contributed by atoms with E-state index in [1.54, 1.807) is 20.8 Å². The first-order valence-electron chi connectivity index (χ1n) is 11.0. The highest BCUT2D eigenvalue weighted by molar-refractivity contribution is 8.45. The number of carbonyl (C=O) groups excluding carboxylic acids is 2. The third-order valence-corrected chi connectivity index (χ3v) is 6.45. The van der Waals surface area contributed by atoms with Crippen molar-refractivity contribution in [2.24, 2.45) is 0 Å². The number of Topliss-reactive ketones (excluding diaryl/α,β-unsaturated/α-hetero) is 1. The average molecular weight is 553 g/mol. The third kappa shape index (κ3) is 5.84. The van der Waals surface area contributed by atoms with Crippen LogP contribution in [0.3, 0.4) is 0 Å². The molecule has 0 atom stereocenters. The first-order chi connectivity index (χ1) is 17.0. The molecule has 0 aliphatic carbocycles. The smallest absolute Gasteiger partial charge is 0.310 e. The van der Waals surface area contributed by atoms with Gasteiger partial charge < -0.3 is 14.4 Å². The van der Waals surface area contributed by atoms with Crippen molar-refractivity contribution in [3.63, 3.8) is 0 Å². The number of nitrogens with zero attached hydrogens (tertiary/aromatic N) is 5. The first-order valence-corrected chi connectivity index (χ1v) is 12.9. The zero-order valence-corrected chi connectivity index (χ0v) is 21.1. The van der Waals surface area contributed by atoms with Crippen molar-refractivity contribution < 1.29 is 38.5 Å². The minimum atomic E-state index is -10.1. The lowest BCUT2D eigenvalue weighted by Gasteiger charge is -2.40. The largest absolute Gasteiger partial charge is 0.497 e. The molecule has 3 rings (SSSR count). The molecule has 2 heterocycles. The molecule has 2 aromatic heterocycles. The van der Waals surface area contributed by atoms with Crippen LogP contribution in [0.2, 0.25) is 0 Å². The summed E-state index contributed by atoms with van der Waals surface area (Å²) in [5.74, 6) is -2.12. The van der Waals surface area contributed by atoms with E-state index >= 15 is 0 Å². The Labute approximate surface area is 207 Å². The van der Waals surface area contributed by atoms with Crippen LogP contribution in [0, 0.1) is 5.41 Å². The number of hydrogen-bond acceptors (Lipinski definition) is 7. The molecular weight excluding hydrogens is 527 g/mol. The van der Waals surface area contributed by atoms with E-state index in [2.05, 4.69) is 14.9 Å². The summed E-state index contributed by atoms with van der Waals surface area (Å²) < 4.78 is 78.8. The minimum Gasteiger partial charge on any atom is -0.497 e. The van der Waals surface area contributed by atoms with Crippen molar-refractivity contribution in [1.82, 2.24) is 24.3 Å². The van der Waals surface area contributed by atoms with Gasteiger partial charge in [0.15, 0.2) is 11.4 Å². The molecule has 0 bridgehead atoms. The lowest BCUT2D eigenvalue weighted by Crippen LogP contribution is -2.31.